The van der Waals surface area contributed by atoms with Gasteiger partial charge in [0.05, 0.1) is 10.7 Å². The number of thiazole rings is 1. The lowest BCUT2D eigenvalue weighted by atomic mass is 10.2. The number of hydrogen-bond donors (Lipinski definition) is 1. The van der Waals surface area contributed by atoms with Gasteiger partial charge in [0.2, 0.25) is 0 Å². The van der Waals surface area contributed by atoms with E-state index in [9.17, 15) is 0 Å². The number of hydrogen-bond acceptors (Lipinski definition) is 3. The first kappa shape index (κ1) is 14.9. The van der Waals surface area contributed by atoms with Crippen LogP contribution in [0, 0.1) is 5.92 Å². The molecule has 1 aliphatic rings. The predicted octanol–water partition coefficient (Wildman–Crippen LogP) is 3.97. The molecule has 0 radical (unpaired) electrons. The van der Waals surface area contributed by atoms with E-state index in [1.54, 1.807) is 11.3 Å². The van der Waals surface area contributed by atoms with Crippen LogP contribution in [0.2, 0.25) is 0 Å². The van der Waals surface area contributed by atoms with E-state index in [1.807, 2.05) is 0 Å². The Bertz CT molecular complexity index is 338. The summed E-state index contributed by atoms with van der Waals surface area (Å²) in [6.07, 6.45) is 4.07. The molecule has 0 aliphatic heterocycles. The third-order valence-electron chi connectivity index (χ3n) is 3.19. The van der Waals surface area contributed by atoms with Gasteiger partial charge in [0.15, 0.2) is 0 Å². The Morgan fingerprint density at radius 1 is 1.53 bits per heavy atom. The minimum Gasteiger partial charge on any atom is -0.308 e. The van der Waals surface area contributed by atoms with Gasteiger partial charge in [-0.05, 0) is 18.8 Å². The van der Waals surface area contributed by atoms with Gasteiger partial charge in [-0.25, -0.2) is 4.98 Å². The van der Waals surface area contributed by atoms with Crippen LogP contribution in [0.25, 0.3) is 0 Å². The van der Waals surface area contributed by atoms with Crippen molar-refractivity contribution in [3.05, 3.63) is 16.1 Å². The Morgan fingerprint density at radius 3 is 2.88 bits per heavy atom. The Kier molecular flexibility index (Phi) is 5.90. The molecule has 2 atom stereocenters. The quantitative estimate of drug-likeness (QED) is 0.849. The molecule has 2 nitrogen and oxygen atoms in total. The molecule has 2 unspecified atom stereocenters. The van der Waals surface area contributed by atoms with Gasteiger partial charge in [-0.1, -0.05) is 27.2 Å². The lowest BCUT2D eigenvalue weighted by molar-refractivity contribution is 0.594. The molecule has 1 heterocycles. The van der Waals surface area contributed by atoms with Crippen LogP contribution >= 0.6 is 23.7 Å². The third kappa shape index (κ3) is 4.23. The zero-order valence-corrected chi connectivity index (χ0v) is 12.5. The average molecular weight is 275 g/mol. The highest BCUT2D eigenvalue weighted by Gasteiger charge is 2.35. The van der Waals surface area contributed by atoms with Gasteiger partial charge in [-0.3, -0.25) is 0 Å². The lowest BCUT2D eigenvalue weighted by Gasteiger charge is -2.01. The standard InChI is InChI=1S/C13H22N2S.ClH/c1-4-5-10-6-12(10)14-7-11-8-16-13(15-11)9(2)3;/h8-10,12,14H,4-7H2,1-3H3;1H. The van der Waals surface area contributed by atoms with Crippen LogP contribution in [0.15, 0.2) is 5.38 Å². The van der Waals surface area contributed by atoms with E-state index in [4.69, 9.17) is 0 Å². The van der Waals surface area contributed by atoms with Crippen LogP contribution in [-0.2, 0) is 6.54 Å². The van der Waals surface area contributed by atoms with E-state index in [0.717, 1.165) is 18.5 Å². The number of aromatic nitrogens is 1. The number of rotatable bonds is 6. The minimum absolute atomic E-state index is 0. The molecule has 1 fully saturated rings. The van der Waals surface area contributed by atoms with Gasteiger partial charge < -0.3 is 5.32 Å². The third-order valence-corrected chi connectivity index (χ3v) is 4.38. The Hall–Kier alpha value is -0.120. The zero-order chi connectivity index (χ0) is 11.5. The molecule has 1 aromatic heterocycles. The molecular weight excluding hydrogens is 252 g/mol. The van der Waals surface area contributed by atoms with Gasteiger partial charge in [0.25, 0.3) is 0 Å². The first-order valence-electron chi connectivity index (χ1n) is 6.38. The largest absolute Gasteiger partial charge is 0.308 e. The van der Waals surface area contributed by atoms with Gasteiger partial charge in [0.1, 0.15) is 0 Å². The molecular formula is C13H23ClN2S. The molecule has 0 aromatic carbocycles. The van der Waals surface area contributed by atoms with E-state index in [2.05, 4.69) is 36.5 Å². The number of nitrogens with one attached hydrogen (secondary N) is 1. The van der Waals surface area contributed by atoms with Crippen molar-refractivity contribution in [1.29, 1.82) is 0 Å². The summed E-state index contributed by atoms with van der Waals surface area (Å²) >= 11 is 1.79. The zero-order valence-electron chi connectivity index (χ0n) is 10.9. The second-order valence-corrected chi connectivity index (χ2v) is 5.99. The lowest BCUT2D eigenvalue weighted by Crippen LogP contribution is -2.17. The molecule has 2 rings (SSSR count). The summed E-state index contributed by atoms with van der Waals surface area (Å²) in [7, 11) is 0. The SMILES string of the molecule is CCCC1CC1NCc1csc(C(C)C)n1.Cl. The smallest absolute Gasteiger partial charge is 0.0954 e. The van der Waals surface area contributed by atoms with E-state index < -0.39 is 0 Å². The summed E-state index contributed by atoms with van der Waals surface area (Å²) in [4.78, 5) is 4.64. The highest BCUT2D eigenvalue weighted by molar-refractivity contribution is 7.09. The number of nitrogens with zero attached hydrogens (tertiary/aromatic N) is 1. The van der Waals surface area contributed by atoms with Gasteiger partial charge in [0, 0.05) is 23.9 Å². The summed E-state index contributed by atoms with van der Waals surface area (Å²) in [5, 5.41) is 7.06. The molecule has 1 saturated carbocycles. The summed E-state index contributed by atoms with van der Waals surface area (Å²) in [6.45, 7) is 7.63. The molecule has 0 bridgehead atoms. The topological polar surface area (TPSA) is 24.9 Å². The second-order valence-electron chi connectivity index (χ2n) is 5.10. The van der Waals surface area contributed by atoms with Crippen molar-refractivity contribution in [3.8, 4) is 0 Å². The van der Waals surface area contributed by atoms with Gasteiger partial charge >= 0.3 is 0 Å². The highest BCUT2D eigenvalue weighted by atomic mass is 35.5. The van der Waals surface area contributed by atoms with Crippen LogP contribution in [0.1, 0.15) is 56.7 Å². The summed E-state index contributed by atoms with van der Waals surface area (Å²) in [5.74, 6) is 1.50. The summed E-state index contributed by atoms with van der Waals surface area (Å²) in [6, 6.07) is 0.768. The Balaban J connectivity index is 0.00000144. The fraction of sp³-hybridized carbons (Fsp3) is 0.769. The van der Waals surface area contributed by atoms with Crippen molar-refractivity contribution in [3.63, 3.8) is 0 Å². The molecule has 0 saturated heterocycles. The van der Waals surface area contributed by atoms with Crippen LogP contribution in [0.3, 0.4) is 0 Å². The summed E-state index contributed by atoms with van der Waals surface area (Å²) < 4.78 is 0. The Labute approximate surface area is 115 Å². The molecule has 0 amide bonds. The maximum atomic E-state index is 4.64. The van der Waals surface area contributed by atoms with Crippen molar-refractivity contribution in [1.82, 2.24) is 10.3 Å². The fourth-order valence-electron chi connectivity index (χ4n) is 2.09. The molecule has 0 spiro atoms. The molecule has 1 N–H and O–H groups in total. The van der Waals surface area contributed by atoms with Crippen LogP contribution in [0.4, 0.5) is 0 Å². The second kappa shape index (κ2) is 6.72. The minimum atomic E-state index is 0. The van der Waals surface area contributed by atoms with E-state index in [0.29, 0.717) is 5.92 Å². The van der Waals surface area contributed by atoms with E-state index >= 15 is 0 Å². The molecule has 4 heteroatoms. The summed E-state index contributed by atoms with van der Waals surface area (Å²) in [5.41, 5.74) is 1.22. The van der Waals surface area contributed by atoms with Crippen molar-refractivity contribution in [2.24, 2.45) is 5.92 Å². The van der Waals surface area contributed by atoms with E-state index in [1.165, 1.54) is 30.0 Å². The van der Waals surface area contributed by atoms with Gasteiger partial charge in [-0.15, -0.1) is 23.7 Å². The maximum Gasteiger partial charge on any atom is 0.0954 e. The van der Waals surface area contributed by atoms with Crippen molar-refractivity contribution < 1.29 is 0 Å². The van der Waals surface area contributed by atoms with Gasteiger partial charge in [-0.2, -0.15) is 0 Å². The van der Waals surface area contributed by atoms with Crippen LogP contribution < -0.4 is 5.32 Å². The van der Waals surface area contributed by atoms with E-state index in [-0.39, 0.29) is 12.4 Å². The first-order valence-corrected chi connectivity index (χ1v) is 7.26. The normalized spacial score (nSPS) is 22.6. The Morgan fingerprint density at radius 2 is 2.29 bits per heavy atom. The van der Waals surface area contributed by atoms with Crippen LogP contribution in [0.5, 0.6) is 0 Å². The van der Waals surface area contributed by atoms with Crippen molar-refractivity contribution in [2.45, 2.75) is 58.5 Å². The monoisotopic (exact) mass is 274 g/mol. The first-order chi connectivity index (χ1) is 7.70. The molecule has 1 aliphatic carbocycles. The molecule has 17 heavy (non-hydrogen) atoms. The fourth-order valence-corrected chi connectivity index (χ4v) is 2.93. The average Bonchev–Trinajstić information content (AvgIpc) is 2.80. The molecule has 98 valence electrons. The van der Waals surface area contributed by atoms with Crippen LogP contribution in [-0.4, -0.2) is 11.0 Å². The predicted molar refractivity (Wildman–Crippen MR) is 77.1 cm³/mol. The number of halogens is 1. The highest BCUT2D eigenvalue weighted by Crippen LogP contribution is 2.34. The van der Waals surface area contributed by atoms with Crippen molar-refractivity contribution in [2.75, 3.05) is 0 Å². The maximum absolute atomic E-state index is 4.64. The van der Waals surface area contributed by atoms with Crippen molar-refractivity contribution >= 4 is 23.7 Å². The molecule has 1 aromatic rings.